The number of rotatable bonds is 5. The second-order valence-corrected chi connectivity index (χ2v) is 8.42. The highest BCUT2D eigenvalue weighted by Gasteiger charge is 2.22. The van der Waals surface area contributed by atoms with Crippen LogP contribution in [0.5, 0.6) is 0 Å². The van der Waals surface area contributed by atoms with Gasteiger partial charge < -0.3 is 5.32 Å². The van der Waals surface area contributed by atoms with Crippen molar-refractivity contribution in [2.24, 2.45) is 5.41 Å². The Balaban J connectivity index is 2.47. The minimum atomic E-state index is 0.174. The number of hydrogen-bond acceptors (Lipinski definition) is 3. The van der Waals surface area contributed by atoms with Crippen molar-refractivity contribution < 1.29 is 0 Å². The highest BCUT2D eigenvalue weighted by molar-refractivity contribution is 7.09. The van der Waals surface area contributed by atoms with Crippen LogP contribution in [-0.2, 0) is 11.8 Å². The molecule has 2 nitrogen and oxygen atoms in total. The molecule has 1 aromatic heterocycles. The van der Waals surface area contributed by atoms with Gasteiger partial charge in [-0.2, -0.15) is 0 Å². The molecule has 0 saturated heterocycles. The molecule has 0 aliphatic heterocycles. The predicted octanol–water partition coefficient (Wildman–Crippen LogP) is 4.40. The molecule has 0 saturated carbocycles. The van der Waals surface area contributed by atoms with Crippen LogP contribution >= 0.6 is 11.3 Å². The minimum Gasteiger partial charge on any atom is -0.316 e. The number of nitrogens with zero attached hydrogens (tertiary/aromatic N) is 1. The van der Waals surface area contributed by atoms with Crippen LogP contribution in [0.15, 0.2) is 5.38 Å². The Kier molecular flexibility index (Phi) is 5.57. The van der Waals surface area contributed by atoms with E-state index in [4.69, 9.17) is 4.98 Å². The molecule has 110 valence electrons. The molecule has 0 aromatic carbocycles. The van der Waals surface area contributed by atoms with Crippen molar-refractivity contribution >= 4 is 11.3 Å². The van der Waals surface area contributed by atoms with Crippen LogP contribution in [-0.4, -0.2) is 18.1 Å². The number of thiazole rings is 1. The largest absolute Gasteiger partial charge is 0.316 e. The molecule has 0 bridgehead atoms. The van der Waals surface area contributed by atoms with Crippen LogP contribution in [0.1, 0.15) is 65.1 Å². The van der Waals surface area contributed by atoms with Gasteiger partial charge >= 0.3 is 0 Å². The summed E-state index contributed by atoms with van der Waals surface area (Å²) in [4.78, 5) is 4.76. The highest BCUT2D eigenvalue weighted by atomic mass is 32.1. The van der Waals surface area contributed by atoms with Crippen LogP contribution in [0.25, 0.3) is 0 Å². The summed E-state index contributed by atoms with van der Waals surface area (Å²) in [5.41, 5.74) is 1.73. The van der Waals surface area contributed by atoms with Crippen molar-refractivity contribution in [3.63, 3.8) is 0 Å². The Morgan fingerprint density at radius 2 is 1.84 bits per heavy atom. The summed E-state index contributed by atoms with van der Waals surface area (Å²) in [7, 11) is 2.07. The van der Waals surface area contributed by atoms with Crippen molar-refractivity contribution in [3.8, 4) is 0 Å². The van der Waals surface area contributed by atoms with Gasteiger partial charge in [0, 0.05) is 16.8 Å². The van der Waals surface area contributed by atoms with Crippen LogP contribution in [0.2, 0.25) is 0 Å². The lowest BCUT2D eigenvalue weighted by Crippen LogP contribution is -2.37. The van der Waals surface area contributed by atoms with Gasteiger partial charge in [-0.1, -0.05) is 41.5 Å². The summed E-state index contributed by atoms with van der Waals surface area (Å²) in [5.74, 6) is 0. The fourth-order valence-corrected chi connectivity index (χ4v) is 3.31. The number of aromatic nitrogens is 1. The standard InChI is InChI=1S/C16H30N2S/c1-15(2,3)12(17-7)9-8-10-14-18-13(11-19-14)16(4,5)6/h11-12,17H,8-10H2,1-7H3. The smallest absolute Gasteiger partial charge is 0.0928 e. The maximum Gasteiger partial charge on any atom is 0.0928 e. The molecule has 0 fully saturated rings. The summed E-state index contributed by atoms with van der Waals surface area (Å²) in [5, 5.41) is 6.94. The van der Waals surface area contributed by atoms with E-state index in [0.29, 0.717) is 11.5 Å². The van der Waals surface area contributed by atoms with Crippen LogP contribution < -0.4 is 5.32 Å². The average molecular weight is 282 g/mol. The van der Waals surface area contributed by atoms with E-state index in [1.165, 1.54) is 23.5 Å². The first-order chi connectivity index (χ1) is 8.64. The molecule has 1 heterocycles. The Hall–Kier alpha value is -0.410. The molecule has 1 atom stereocenters. The van der Waals surface area contributed by atoms with Crippen molar-refractivity contribution in [3.05, 3.63) is 16.1 Å². The molecule has 1 N–H and O–H groups in total. The second-order valence-electron chi connectivity index (χ2n) is 7.48. The third kappa shape index (κ3) is 5.23. The summed E-state index contributed by atoms with van der Waals surface area (Å²) in [6.45, 7) is 13.6. The van der Waals surface area contributed by atoms with Gasteiger partial charge in [0.1, 0.15) is 0 Å². The monoisotopic (exact) mass is 282 g/mol. The molecule has 0 radical (unpaired) electrons. The minimum absolute atomic E-state index is 0.174. The van der Waals surface area contributed by atoms with E-state index in [2.05, 4.69) is 59.3 Å². The number of hydrogen-bond donors (Lipinski definition) is 1. The molecule has 1 unspecified atom stereocenters. The van der Waals surface area contributed by atoms with E-state index in [-0.39, 0.29) is 5.41 Å². The Labute approximate surface area is 123 Å². The zero-order valence-electron chi connectivity index (χ0n) is 13.6. The lowest BCUT2D eigenvalue weighted by molar-refractivity contribution is 0.263. The zero-order chi connectivity index (χ0) is 14.7. The Bertz CT molecular complexity index is 382. The predicted molar refractivity (Wildman–Crippen MR) is 86.1 cm³/mol. The van der Waals surface area contributed by atoms with E-state index < -0.39 is 0 Å². The molecule has 1 aromatic rings. The first-order valence-electron chi connectivity index (χ1n) is 7.26. The quantitative estimate of drug-likeness (QED) is 0.866. The molecule has 0 aliphatic carbocycles. The van der Waals surface area contributed by atoms with Gasteiger partial charge in [0.25, 0.3) is 0 Å². The van der Waals surface area contributed by atoms with Crippen molar-refractivity contribution in [1.82, 2.24) is 10.3 Å². The van der Waals surface area contributed by atoms with Crippen LogP contribution in [0.4, 0.5) is 0 Å². The molecule has 0 aliphatic rings. The molecule has 3 heteroatoms. The van der Waals surface area contributed by atoms with Gasteiger partial charge in [0.05, 0.1) is 10.7 Å². The Morgan fingerprint density at radius 3 is 2.26 bits per heavy atom. The number of nitrogens with one attached hydrogen (secondary N) is 1. The highest BCUT2D eigenvalue weighted by Crippen LogP contribution is 2.26. The summed E-state index contributed by atoms with van der Waals surface area (Å²) < 4.78 is 0. The van der Waals surface area contributed by atoms with Crippen molar-refractivity contribution in [1.29, 1.82) is 0 Å². The molecule has 0 spiro atoms. The van der Waals surface area contributed by atoms with Gasteiger partial charge in [-0.15, -0.1) is 11.3 Å². The first-order valence-corrected chi connectivity index (χ1v) is 8.14. The number of aryl methyl sites for hydroxylation is 1. The fourth-order valence-electron chi connectivity index (χ4n) is 2.24. The van der Waals surface area contributed by atoms with Crippen LogP contribution in [0, 0.1) is 5.41 Å². The maximum atomic E-state index is 4.76. The average Bonchev–Trinajstić information content (AvgIpc) is 2.70. The van der Waals surface area contributed by atoms with Gasteiger partial charge in [0.15, 0.2) is 0 Å². The first kappa shape index (κ1) is 16.6. The SMILES string of the molecule is CNC(CCCc1nc(C(C)(C)C)cs1)C(C)(C)C. The Morgan fingerprint density at radius 1 is 1.21 bits per heavy atom. The van der Waals surface area contributed by atoms with E-state index in [1.54, 1.807) is 0 Å². The normalized spacial score (nSPS) is 14.7. The molecule has 19 heavy (non-hydrogen) atoms. The topological polar surface area (TPSA) is 24.9 Å². The summed E-state index contributed by atoms with van der Waals surface area (Å²) in [6.07, 6.45) is 3.53. The third-order valence-electron chi connectivity index (χ3n) is 3.60. The maximum absolute atomic E-state index is 4.76. The van der Waals surface area contributed by atoms with E-state index in [0.717, 1.165) is 6.42 Å². The molecule has 0 amide bonds. The van der Waals surface area contributed by atoms with Gasteiger partial charge in [-0.3, -0.25) is 0 Å². The van der Waals surface area contributed by atoms with Gasteiger partial charge in [0.2, 0.25) is 0 Å². The van der Waals surface area contributed by atoms with Crippen molar-refractivity contribution in [2.45, 2.75) is 72.3 Å². The zero-order valence-corrected chi connectivity index (χ0v) is 14.4. The van der Waals surface area contributed by atoms with Gasteiger partial charge in [-0.25, -0.2) is 4.98 Å². The molecular weight excluding hydrogens is 252 g/mol. The van der Waals surface area contributed by atoms with Crippen LogP contribution in [0.3, 0.4) is 0 Å². The van der Waals surface area contributed by atoms with Crippen molar-refractivity contribution in [2.75, 3.05) is 7.05 Å². The van der Waals surface area contributed by atoms with E-state index >= 15 is 0 Å². The molecular formula is C16H30N2S. The van der Waals surface area contributed by atoms with E-state index in [9.17, 15) is 0 Å². The third-order valence-corrected chi connectivity index (χ3v) is 4.51. The van der Waals surface area contributed by atoms with Gasteiger partial charge in [-0.05, 0) is 31.7 Å². The summed E-state index contributed by atoms with van der Waals surface area (Å²) >= 11 is 1.81. The van der Waals surface area contributed by atoms with E-state index in [1.807, 2.05) is 11.3 Å². The molecule has 1 rings (SSSR count). The summed E-state index contributed by atoms with van der Waals surface area (Å²) in [6, 6.07) is 0.578. The lowest BCUT2D eigenvalue weighted by Gasteiger charge is -2.30. The lowest BCUT2D eigenvalue weighted by atomic mass is 9.84. The second kappa shape index (κ2) is 6.36. The fraction of sp³-hybridized carbons (Fsp3) is 0.812.